The van der Waals surface area contributed by atoms with Crippen molar-refractivity contribution in [1.29, 1.82) is 0 Å². The fourth-order valence-corrected chi connectivity index (χ4v) is 3.68. The molecule has 0 spiro atoms. The summed E-state index contributed by atoms with van der Waals surface area (Å²) in [5, 5.41) is 2.93. The molecule has 1 saturated heterocycles. The quantitative estimate of drug-likeness (QED) is 0.840. The second-order valence-corrected chi connectivity index (χ2v) is 7.55. The molecule has 1 amide bonds. The number of pyridine rings is 1. The maximum atomic E-state index is 12.3. The van der Waals surface area contributed by atoms with Crippen molar-refractivity contribution in [2.45, 2.75) is 47.0 Å². The van der Waals surface area contributed by atoms with Crippen molar-refractivity contribution in [3.05, 3.63) is 33.2 Å². The van der Waals surface area contributed by atoms with Gasteiger partial charge in [0.15, 0.2) is 0 Å². The van der Waals surface area contributed by atoms with E-state index in [1.54, 1.807) is 0 Å². The number of piperidine rings is 1. The highest BCUT2D eigenvalue weighted by atomic mass is 16.2. The summed E-state index contributed by atoms with van der Waals surface area (Å²) < 4.78 is 0. The largest absolute Gasteiger partial charge is 0.352 e. The fourth-order valence-electron chi connectivity index (χ4n) is 3.68. The van der Waals surface area contributed by atoms with Crippen LogP contribution in [0.3, 0.4) is 0 Å². The third-order valence-corrected chi connectivity index (χ3v) is 4.66. The second-order valence-electron chi connectivity index (χ2n) is 7.55. The van der Waals surface area contributed by atoms with Gasteiger partial charge in [0.25, 0.3) is 11.5 Å². The lowest BCUT2D eigenvalue weighted by atomic mass is 9.94. The van der Waals surface area contributed by atoms with E-state index < -0.39 is 0 Å². The first kappa shape index (κ1) is 18.7. The number of carbonyl (C=O) groups excluding carboxylic acids is 1. The highest BCUT2D eigenvalue weighted by molar-refractivity contribution is 5.95. The second kappa shape index (κ2) is 8.47. The number of aromatic nitrogens is 1. The molecular formula is C19H31N3O2. The Kier molecular flexibility index (Phi) is 6.60. The molecule has 1 fully saturated rings. The number of H-pyrrole nitrogens is 1. The van der Waals surface area contributed by atoms with Gasteiger partial charge in [-0.25, -0.2) is 0 Å². The van der Waals surface area contributed by atoms with Gasteiger partial charge >= 0.3 is 0 Å². The number of hydrogen-bond acceptors (Lipinski definition) is 3. The van der Waals surface area contributed by atoms with Crippen molar-refractivity contribution >= 4 is 5.91 Å². The average molecular weight is 333 g/mol. The topological polar surface area (TPSA) is 65.2 Å². The van der Waals surface area contributed by atoms with E-state index in [1.165, 1.54) is 19.4 Å². The van der Waals surface area contributed by atoms with Gasteiger partial charge in [-0.05, 0) is 63.1 Å². The summed E-state index contributed by atoms with van der Waals surface area (Å²) in [6, 6.07) is 1.83. The molecule has 2 heterocycles. The maximum absolute atomic E-state index is 12.3. The van der Waals surface area contributed by atoms with Gasteiger partial charge in [-0.1, -0.05) is 13.8 Å². The number of hydrogen-bond donors (Lipinski definition) is 2. The number of amides is 1. The molecule has 2 N–H and O–H groups in total. The molecule has 0 radical (unpaired) electrons. The van der Waals surface area contributed by atoms with Crippen LogP contribution >= 0.6 is 0 Å². The number of carbonyl (C=O) groups is 1. The summed E-state index contributed by atoms with van der Waals surface area (Å²) in [5.74, 6) is 1.07. The first-order valence-corrected chi connectivity index (χ1v) is 9.08. The van der Waals surface area contributed by atoms with Gasteiger partial charge in [-0.15, -0.1) is 0 Å². The van der Waals surface area contributed by atoms with Crippen molar-refractivity contribution in [1.82, 2.24) is 15.2 Å². The van der Waals surface area contributed by atoms with E-state index in [9.17, 15) is 9.59 Å². The lowest BCUT2D eigenvalue weighted by Crippen LogP contribution is -2.39. The molecule has 2 rings (SSSR count). The molecule has 0 unspecified atom stereocenters. The Labute approximate surface area is 144 Å². The molecule has 5 nitrogen and oxygen atoms in total. The Morgan fingerprint density at radius 1 is 1.42 bits per heavy atom. The van der Waals surface area contributed by atoms with E-state index in [1.807, 2.05) is 19.9 Å². The van der Waals surface area contributed by atoms with E-state index >= 15 is 0 Å². The van der Waals surface area contributed by atoms with Crippen LogP contribution < -0.4 is 10.9 Å². The van der Waals surface area contributed by atoms with Gasteiger partial charge < -0.3 is 15.2 Å². The standard InChI is InChI=1S/C19H31N3O2/c1-13(2)11-22-9-5-6-16(12-22)7-8-20-18(23)17-14(3)10-15(4)21-19(17)24/h10,13,16H,5-9,11-12H2,1-4H3,(H,20,23)(H,21,24)/t16-/m1/s1. The van der Waals surface area contributed by atoms with Crippen LogP contribution in [0.2, 0.25) is 0 Å². The molecule has 1 aromatic heterocycles. The van der Waals surface area contributed by atoms with Crippen LogP contribution in [-0.2, 0) is 0 Å². The third-order valence-electron chi connectivity index (χ3n) is 4.66. The Morgan fingerprint density at radius 2 is 2.17 bits per heavy atom. The van der Waals surface area contributed by atoms with E-state index in [0.717, 1.165) is 30.8 Å². The SMILES string of the molecule is Cc1cc(C)c(C(=O)NCC[C@H]2CCCN(CC(C)C)C2)c(=O)[nH]1. The van der Waals surface area contributed by atoms with Crippen LogP contribution in [0.15, 0.2) is 10.9 Å². The van der Waals surface area contributed by atoms with Crippen LogP contribution in [0.1, 0.15) is 54.7 Å². The number of nitrogens with zero attached hydrogens (tertiary/aromatic N) is 1. The minimum atomic E-state index is -0.300. The zero-order valence-corrected chi connectivity index (χ0v) is 15.4. The molecule has 1 aromatic rings. The van der Waals surface area contributed by atoms with E-state index in [2.05, 4.69) is 29.0 Å². The predicted molar refractivity (Wildman–Crippen MR) is 97.5 cm³/mol. The molecule has 0 aromatic carbocycles. The Balaban J connectivity index is 1.84. The Hall–Kier alpha value is -1.62. The van der Waals surface area contributed by atoms with Gasteiger partial charge in [-0.3, -0.25) is 9.59 Å². The summed E-state index contributed by atoms with van der Waals surface area (Å²) in [6.45, 7) is 12.2. The molecule has 24 heavy (non-hydrogen) atoms. The van der Waals surface area contributed by atoms with Crippen LogP contribution in [0.25, 0.3) is 0 Å². The molecule has 5 heteroatoms. The monoisotopic (exact) mass is 333 g/mol. The molecule has 1 aliphatic heterocycles. The summed E-state index contributed by atoms with van der Waals surface area (Å²) >= 11 is 0. The van der Waals surface area contributed by atoms with Gasteiger partial charge in [0.1, 0.15) is 5.56 Å². The molecule has 1 aliphatic rings. The molecular weight excluding hydrogens is 302 g/mol. The van der Waals surface area contributed by atoms with Crippen molar-refractivity contribution in [3.63, 3.8) is 0 Å². The van der Waals surface area contributed by atoms with Gasteiger partial charge in [-0.2, -0.15) is 0 Å². The zero-order chi connectivity index (χ0) is 17.7. The summed E-state index contributed by atoms with van der Waals surface area (Å²) in [4.78, 5) is 29.5. The summed E-state index contributed by atoms with van der Waals surface area (Å²) in [5.41, 5.74) is 1.45. The van der Waals surface area contributed by atoms with Crippen molar-refractivity contribution in [2.24, 2.45) is 11.8 Å². The van der Waals surface area contributed by atoms with Gasteiger partial charge in [0.2, 0.25) is 0 Å². The molecule has 1 atom stereocenters. The Morgan fingerprint density at radius 3 is 2.83 bits per heavy atom. The van der Waals surface area contributed by atoms with Gasteiger partial charge in [0, 0.05) is 25.3 Å². The fraction of sp³-hybridized carbons (Fsp3) is 0.684. The first-order chi connectivity index (χ1) is 11.4. The van der Waals surface area contributed by atoms with Crippen LogP contribution in [0.4, 0.5) is 0 Å². The smallest absolute Gasteiger partial charge is 0.261 e. The van der Waals surface area contributed by atoms with Crippen LogP contribution in [0, 0.1) is 25.7 Å². The first-order valence-electron chi connectivity index (χ1n) is 9.08. The minimum Gasteiger partial charge on any atom is -0.352 e. The normalized spacial score (nSPS) is 18.8. The number of aryl methyl sites for hydroxylation is 2. The predicted octanol–water partition coefficient (Wildman–Crippen LogP) is 2.48. The molecule has 134 valence electrons. The summed E-state index contributed by atoms with van der Waals surface area (Å²) in [6.07, 6.45) is 3.44. The lowest BCUT2D eigenvalue weighted by molar-refractivity contribution is 0.0943. The maximum Gasteiger partial charge on any atom is 0.261 e. The van der Waals surface area contributed by atoms with E-state index in [-0.39, 0.29) is 17.0 Å². The van der Waals surface area contributed by atoms with Crippen molar-refractivity contribution in [3.8, 4) is 0 Å². The average Bonchev–Trinajstić information content (AvgIpc) is 2.45. The van der Waals surface area contributed by atoms with Crippen molar-refractivity contribution < 1.29 is 4.79 Å². The number of likely N-dealkylation sites (tertiary alicyclic amines) is 1. The molecule has 0 aliphatic carbocycles. The minimum absolute atomic E-state index is 0.241. The molecule has 0 bridgehead atoms. The number of rotatable bonds is 6. The number of aromatic amines is 1. The van der Waals surface area contributed by atoms with Gasteiger partial charge in [0.05, 0.1) is 0 Å². The summed E-state index contributed by atoms with van der Waals surface area (Å²) in [7, 11) is 0. The van der Waals surface area contributed by atoms with E-state index in [4.69, 9.17) is 0 Å². The highest BCUT2D eigenvalue weighted by Crippen LogP contribution is 2.20. The molecule has 0 saturated carbocycles. The lowest BCUT2D eigenvalue weighted by Gasteiger charge is -2.33. The third kappa shape index (κ3) is 5.20. The number of nitrogens with one attached hydrogen (secondary N) is 2. The van der Waals surface area contributed by atoms with E-state index in [0.29, 0.717) is 18.4 Å². The van der Waals surface area contributed by atoms with Crippen molar-refractivity contribution in [2.75, 3.05) is 26.2 Å². The van der Waals surface area contributed by atoms with Crippen LogP contribution in [0.5, 0.6) is 0 Å². The van der Waals surface area contributed by atoms with Crippen LogP contribution in [-0.4, -0.2) is 42.0 Å². The Bertz CT molecular complexity index is 622. The zero-order valence-electron chi connectivity index (χ0n) is 15.4. The highest BCUT2D eigenvalue weighted by Gasteiger charge is 2.21.